The molecule has 1 aliphatic rings. The molecule has 0 bridgehead atoms. The smallest absolute Gasteiger partial charge is 0.241 e. The van der Waals surface area contributed by atoms with Gasteiger partial charge in [-0.1, -0.05) is 18.2 Å². The fourth-order valence-corrected chi connectivity index (χ4v) is 5.48. The third-order valence-corrected chi connectivity index (χ3v) is 7.13. The highest BCUT2D eigenvalue weighted by Gasteiger charge is 2.28. The van der Waals surface area contributed by atoms with E-state index in [4.69, 9.17) is 4.74 Å². The van der Waals surface area contributed by atoms with E-state index in [1.807, 2.05) is 24.3 Å². The molecule has 2 aromatic rings. The SMILES string of the molecule is COc1ccccc1C(CNS(=O)(=O)c1ccc(F)cc1Br)N1CCCC1. The predicted octanol–water partition coefficient (Wildman–Crippen LogP) is 3.71. The topological polar surface area (TPSA) is 58.6 Å². The lowest BCUT2D eigenvalue weighted by Gasteiger charge is -2.29. The van der Waals surface area contributed by atoms with Gasteiger partial charge in [0.05, 0.1) is 18.0 Å². The molecule has 1 fully saturated rings. The van der Waals surface area contributed by atoms with Crippen LogP contribution in [0.25, 0.3) is 0 Å². The number of ether oxygens (including phenoxy) is 1. The van der Waals surface area contributed by atoms with Crippen LogP contribution in [-0.4, -0.2) is 40.1 Å². The van der Waals surface area contributed by atoms with E-state index in [1.54, 1.807) is 7.11 Å². The van der Waals surface area contributed by atoms with Crippen LogP contribution in [0.4, 0.5) is 4.39 Å². The second-order valence-electron chi connectivity index (χ2n) is 6.43. The molecule has 2 aromatic carbocycles. The number of nitrogens with zero attached hydrogens (tertiary/aromatic N) is 1. The predicted molar refractivity (Wildman–Crippen MR) is 106 cm³/mol. The number of halogens is 2. The zero-order valence-corrected chi connectivity index (χ0v) is 17.4. The number of methoxy groups -OCH3 is 1. The Morgan fingerprint density at radius 2 is 1.93 bits per heavy atom. The number of benzene rings is 2. The van der Waals surface area contributed by atoms with Gasteiger partial charge in [-0.05, 0) is 66.1 Å². The van der Waals surface area contributed by atoms with Crippen molar-refractivity contribution in [1.29, 1.82) is 0 Å². The van der Waals surface area contributed by atoms with Crippen molar-refractivity contribution in [3.63, 3.8) is 0 Å². The van der Waals surface area contributed by atoms with Crippen LogP contribution in [0.2, 0.25) is 0 Å². The summed E-state index contributed by atoms with van der Waals surface area (Å²) in [6, 6.07) is 11.1. The number of rotatable bonds is 7. The Morgan fingerprint density at radius 3 is 2.59 bits per heavy atom. The molecule has 0 aromatic heterocycles. The minimum absolute atomic E-state index is 0.0177. The summed E-state index contributed by atoms with van der Waals surface area (Å²) >= 11 is 3.13. The molecule has 0 aliphatic carbocycles. The van der Waals surface area contributed by atoms with Crippen LogP contribution in [0.1, 0.15) is 24.4 Å². The Morgan fingerprint density at radius 1 is 1.22 bits per heavy atom. The van der Waals surface area contributed by atoms with Gasteiger partial charge < -0.3 is 4.74 Å². The molecule has 1 heterocycles. The summed E-state index contributed by atoms with van der Waals surface area (Å²) in [4.78, 5) is 2.28. The van der Waals surface area contributed by atoms with Gasteiger partial charge in [-0.3, -0.25) is 4.90 Å². The summed E-state index contributed by atoms with van der Waals surface area (Å²) in [5.41, 5.74) is 0.947. The van der Waals surface area contributed by atoms with Crippen molar-refractivity contribution in [3.05, 3.63) is 58.3 Å². The van der Waals surface area contributed by atoms with E-state index in [1.165, 1.54) is 6.07 Å². The first-order valence-electron chi connectivity index (χ1n) is 8.74. The molecule has 1 saturated heterocycles. The summed E-state index contributed by atoms with van der Waals surface area (Å²) in [5.74, 6) is 0.237. The molecular formula is C19H22BrFN2O3S. The molecule has 1 atom stereocenters. The zero-order valence-electron chi connectivity index (χ0n) is 15.0. The molecule has 0 spiro atoms. The molecule has 5 nitrogen and oxygen atoms in total. The normalized spacial score (nSPS) is 16.4. The number of para-hydroxylation sites is 1. The van der Waals surface area contributed by atoms with E-state index in [0.717, 1.165) is 49.4 Å². The lowest BCUT2D eigenvalue weighted by molar-refractivity contribution is 0.240. The fraction of sp³-hybridized carbons (Fsp3) is 0.368. The first-order chi connectivity index (χ1) is 12.9. The fourth-order valence-electron chi connectivity index (χ4n) is 3.39. The summed E-state index contributed by atoms with van der Waals surface area (Å²) in [6.07, 6.45) is 2.17. The van der Waals surface area contributed by atoms with Crippen molar-refractivity contribution in [2.24, 2.45) is 0 Å². The van der Waals surface area contributed by atoms with Crippen molar-refractivity contribution >= 4 is 26.0 Å². The lowest BCUT2D eigenvalue weighted by Crippen LogP contribution is -2.37. The summed E-state index contributed by atoms with van der Waals surface area (Å²) in [6.45, 7) is 2.02. The number of hydrogen-bond donors (Lipinski definition) is 1. The Kier molecular flexibility index (Phi) is 6.52. The van der Waals surface area contributed by atoms with E-state index in [9.17, 15) is 12.8 Å². The maximum absolute atomic E-state index is 13.3. The summed E-state index contributed by atoms with van der Waals surface area (Å²) < 4.78 is 47.2. The number of hydrogen-bond acceptors (Lipinski definition) is 4. The molecule has 146 valence electrons. The number of likely N-dealkylation sites (tertiary alicyclic amines) is 1. The lowest BCUT2D eigenvalue weighted by atomic mass is 10.0. The van der Waals surface area contributed by atoms with Crippen LogP contribution < -0.4 is 9.46 Å². The molecular weight excluding hydrogens is 435 g/mol. The second kappa shape index (κ2) is 8.68. The Balaban J connectivity index is 1.86. The van der Waals surface area contributed by atoms with Crippen LogP contribution in [0.5, 0.6) is 5.75 Å². The standard InChI is InChI=1S/C19H22BrFN2O3S/c1-26-18-7-3-2-6-15(18)17(23-10-4-5-11-23)13-22-27(24,25)19-9-8-14(21)12-16(19)20/h2-3,6-9,12,17,22H,4-5,10-11,13H2,1H3. The Labute approximate surface area is 167 Å². The molecule has 1 N–H and O–H groups in total. The highest BCUT2D eigenvalue weighted by molar-refractivity contribution is 9.10. The minimum atomic E-state index is -3.79. The van der Waals surface area contributed by atoms with Crippen LogP contribution in [0, 0.1) is 5.82 Å². The Hall–Kier alpha value is -1.48. The van der Waals surface area contributed by atoms with Gasteiger partial charge in [0, 0.05) is 16.6 Å². The van der Waals surface area contributed by atoms with Gasteiger partial charge in [0.1, 0.15) is 11.6 Å². The van der Waals surface area contributed by atoms with Crippen molar-refractivity contribution in [1.82, 2.24) is 9.62 Å². The maximum atomic E-state index is 13.3. The first kappa shape index (κ1) is 20.3. The number of sulfonamides is 1. The van der Waals surface area contributed by atoms with Gasteiger partial charge in [0.25, 0.3) is 0 Å². The third kappa shape index (κ3) is 4.68. The van der Waals surface area contributed by atoms with E-state index in [-0.39, 0.29) is 22.0 Å². The average Bonchev–Trinajstić information content (AvgIpc) is 3.16. The molecule has 1 aliphatic heterocycles. The van der Waals surface area contributed by atoms with Crippen molar-refractivity contribution < 1.29 is 17.5 Å². The zero-order chi connectivity index (χ0) is 19.4. The Bertz CT molecular complexity index is 902. The van der Waals surface area contributed by atoms with Gasteiger partial charge in [-0.2, -0.15) is 0 Å². The van der Waals surface area contributed by atoms with Crippen molar-refractivity contribution in [2.75, 3.05) is 26.7 Å². The number of nitrogens with one attached hydrogen (secondary N) is 1. The molecule has 0 radical (unpaired) electrons. The van der Waals surface area contributed by atoms with Gasteiger partial charge in [0.2, 0.25) is 10.0 Å². The van der Waals surface area contributed by atoms with E-state index in [0.29, 0.717) is 0 Å². The maximum Gasteiger partial charge on any atom is 0.241 e. The summed E-state index contributed by atoms with van der Waals surface area (Å²) in [5, 5.41) is 0. The molecule has 0 amide bonds. The second-order valence-corrected chi connectivity index (χ2v) is 9.02. The first-order valence-corrected chi connectivity index (χ1v) is 11.0. The monoisotopic (exact) mass is 456 g/mol. The van der Waals surface area contributed by atoms with E-state index >= 15 is 0 Å². The molecule has 27 heavy (non-hydrogen) atoms. The summed E-state index contributed by atoms with van der Waals surface area (Å²) in [7, 11) is -2.18. The third-order valence-electron chi connectivity index (χ3n) is 4.73. The van der Waals surface area contributed by atoms with Gasteiger partial charge in [0.15, 0.2) is 0 Å². The van der Waals surface area contributed by atoms with Crippen LogP contribution in [0.3, 0.4) is 0 Å². The largest absolute Gasteiger partial charge is 0.496 e. The van der Waals surface area contributed by atoms with E-state index in [2.05, 4.69) is 25.6 Å². The van der Waals surface area contributed by atoms with Crippen LogP contribution >= 0.6 is 15.9 Å². The molecule has 8 heteroatoms. The van der Waals surface area contributed by atoms with Gasteiger partial charge in [-0.15, -0.1) is 0 Å². The molecule has 0 saturated carbocycles. The van der Waals surface area contributed by atoms with Crippen molar-refractivity contribution in [3.8, 4) is 5.75 Å². The molecule has 1 unspecified atom stereocenters. The quantitative estimate of drug-likeness (QED) is 0.689. The minimum Gasteiger partial charge on any atom is -0.496 e. The molecule has 3 rings (SSSR count). The highest BCUT2D eigenvalue weighted by Crippen LogP contribution is 2.32. The van der Waals surface area contributed by atoms with Gasteiger partial charge >= 0.3 is 0 Å². The van der Waals surface area contributed by atoms with Crippen molar-refractivity contribution in [2.45, 2.75) is 23.8 Å². The van der Waals surface area contributed by atoms with Crippen LogP contribution in [-0.2, 0) is 10.0 Å². The highest BCUT2D eigenvalue weighted by atomic mass is 79.9. The van der Waals surface area contributed by atoms with Crippen LogP contribution in [0.15, 0.2) is 51.8 Å². The van der Waals surface area contributed by atoms with E-state index < -0.39 is 15.8 Å². The average molecular weight is 457 g/mol. The van der Waals surface area contributed by atoms with Gasteiger partial charge in [-0.25, -0.2) is 17.5 Å².